The van der Waals surface area contributed by atoms with E-state index >= 15 is 0 Å². The number of carboxylic acid groups (broad SMARTS) is 1. The van der Waals surface area contributed by atoms with Crippen LogP contribution in [0, 0.1) is 0 Å². The summed E-state index contributed by atoms with van der Waals surface area (Å²) in [7, 11) is 0. The Morgan fingerprint density at radius 2 is 1.54 bits per heavy atom. The Morgan fingerprint density at radius 1 is 1.00 bits per heavy atom. The lowest BCUT2D eigenvalue weighted by atomic mass is 9.63. The van der Waals surface area contributed by atoms with Gasteiger partial charge in [0.05, 0.1) is 5.56 Å². The van der Waals surface area contributed by atoms with Crippen LogP contribution < -0.4 is 0 Å². The van der Waals surface area contributed by atoms with E-state index in [4.69, 9.17) is 5.11 Å². The molecule has 0 unspecified atom stereocenters. The number of fused-ring (bicyclic) bond motifs is 1. The van der Waals surface area contributed by atoms with Crippen LogP contribution in [0.2, 0.25) is 0 Å². The second kappa shape index (κ2) is 6.77. The second-order valence-electron chi connectivity index (χ2n) is 8.56. The molecule has 0 amide bonds. The summed E-state index contributed by atoms with van der Waals surface area (Å²) in [5.41, 5.74) is 5.09. The van der Waals surface area contributed by atoms with Gasteiger partial charge in [-0.25, -0.2) is 4.79 Å². The van der Waals surface area contributed by atoms with Crippen molar-refractivity contribution in [1.29, 1.82) is 0 Å². The van der Waals surface area contributed by atoms with Gasteiger partial charge in [-0.15, -0.1) is 0 Å². The van der Waals surface area contributed by atoms with E-state index in [9.17, 15) is 4.79 Å². The van der Waals surface area contributed by atoms with Gasteiger partial charge in [-0.2, -0.15) is 0 Å². The average molecular weight is 369 g/mol. The van der Waals surface area contributed by atoms with Crippen LogP contribution in [-0.4, -0.2) is 11.1 Å². The van der Waals surface area contributed by atoms with E-state index in [2.05, 4.69) is 46.8 Å². The Balaban J connectivity index is 2.03. The summed E-state index contributed by atoms with van der Waals surface area (Å²) >= 11 is 1.74. The minimum atomic E-state index is -0.881. The Labute approximate surface area is 161 Å². The number of rotatable bonds is 4. The molecule has 0 atom stereocenters. The fourth-order valence-electron chi connectivity index (χ4n) is 3.80. The normalized spacial score (nSPS) is 17.6. The van der Waals surface area contributed by atoms with E-state index in [1.165, 1.54) is 34.4 Å². The molecule has 0 radical (unpaired) electrons. The third-order valence-corrected chi connectivity index (χ3v) is 6.85. The SMILES string of the molecule is CCc1cc2c(cc1Sc1ccc(C(=O)O)cc1)C(C)(C)CCC2(C)C. The molecular formula is C23H28O2S. The Hall–Kier alpha value is -1.74. The molecule has 0 saturated carbocycles. The first-order chi connectivity index (χ1) is 12.1. The van der Waals surface area contributed by atoms with Gasteiger partial charge in [-0.1, -0.05) is 52.4 Å². The summed E-state index contributed by atoms with van der Waals surface area (Å²) < 4.78 is 0. The van der Waals surface area contributed by atoms with Gasteiger partial charge < -0.3 is 5.11 Å². The maximum Gasteiger partial charge on any atom is 0.335 e. The Bertz CT molecular complexity index is 832. The lowest BCUT2D eigenvalue weighted by Crippen LogP contribution is -2.34. The largest absolute Gasteiger partial charge is 0.478 e. The molecule has 0 spiro atoms. The van der Waals surface area contributed by atoms with Crippen LogP contribution in [0.3, 0.4) is 0 Å². The molecule has 0 heterocycles. The average Bonchev–Trinajstić information content (AvgIpc) is 2.59. The van der Waals surface area contributed by atoms with Gasteiger partial charge in [0.1, 0.15) is 0 Å². The number of aryl methyl sites for hydroxylation is 1. The van der Waals surface area contributed by atoms with E-state index in [1.54, 1.807) is 23.9 Å². The highest BCUT2D eigenvalue weighted by molar-refractivity contribution is 7.99. The summed E-state index contributed by atoms with van der Waals surface area (Å²) in [5, 5.41) is 9.08. The van der Waals surface area contributed by atoms with Gasteiger partial charge in [-0.3, -0.25) is 0 Å². The number of benzene rings is 2. The van der Waals surface area contributed by atoms with Gasteiger partial charge in [0, 0.05) is 9.79 Å². The first kappa shape index (κ1) is 19.0. The summed E-state index contributed by atoms with van der Waals surface area (Å²) in [6.45, 7) is 11.6. The molecular weight excluding hydrogens is 340 g/mol. The van der Waals surface area contributed by atoms with Crippen LogP contribution in [0.1, 0.15) is 74.5 Å². The van der Waals surface area contributed by atoms with Crippen molar-refractivity contribution in [2.24, 2.45) is 0 Å². The molecule has 1 N–H and O–H groups in total. The lowest BCUT2D eigenvalue weighted by Gasteiger charge is -2.42. The third kappa shape index (κ3) is 3.55. The number of hydrogen-bond donors (Lipinski definition) is 1. The predicted octanol–water partition coefficient (Wildman–Crippen LogP) is 6.45. The zero-order valence-electron chi connectivity index (χ0n) is 16.3. The topological polar surface area (TPSA) is 37.3 Å². The van der Waals surface area contributed by atoms with Crippen molar-refractivity contribution in [2.45, 2.75) is 74.5 Å². The van der Waals surface area contributed by atoms with Crippen molar-refractivity contribution in [3.8, 4) is 0 Å². The summed E-state index contributed by atoms with van der Waals surface area (Å²) in [6.07, 6.45) is 3.43. The lowest BCUT2D eigenvalue weighted by molar-refractivity contribution is 0.0697. The van der Waals surface area contributed by atoms with Crippen molar-refractivity contribution >= 4 is 17.7 Å². The standard InChI is InChI=1S/C23H28O2S/c1-6-15-13-18-19(23(4,5)12-11-22(18,2)3)14-20(15)26-17-9-7-16(8-10-17)21(24)25/h7-10,13-14H,6,11-12H2,1-5H3,(H,24,25). The Kier molecular flexibility index (Phi) is 4.96. The van der Waals surface area contributed by atoms with E-state index in [0.717, 1.165) is 11.3 Å². The second-order valence-corrected chi connectivity index (χ2v) is 9.67. The molecule has 0 aromatic heterocycles. The molecule has 0 saturated heterocycles. The van der Waals surface area contributed by atoms with Crippen molar-refractivity contribution in [3.05, 3.63) is 58.7 Å². The van der Waals surface area contributed by atoms with Crippen LogP contribution in [0.4, 0.5) is 0 Å². The maximum absolute atomic E-state index is 11.1. The van der Waals surface area contributed by atoms with Crippen molar-refractivity contribution in [3.63, 3.8) is 0 Å². The molecule has 0 aliphatic heterocycles. The number of aromatic carboxylic acids is 1. The predicted molar refractivity (Wildman–Crippen MR) is 109 cm³/mol. The smallest absolute Gasteiger partial charge is 0.335 e. The van der Waals surface area contributed by atoms with Crippen molar-refractivity contribution in [2.75, 3.05) is 0 Å². The van der Waals surface area contributed by atoms with Crippen LogP contribution in [0.15, 0.2) is 46.2 Å². The van der Waals surface area contributed by atoms with Crippen molar-refractivity contribution < 1.29 is 9.90 Å². The van der Waals surface area contributed by atoms with Gasteiger partial charge in [0.25, 0.3) is 0 Å². The molecule has 0 bridgehead atoms. The van der Waals surface area contributed by atoms with Crippen LogP contribution in [-0.2, 0) is 17.3 Å². The van der Waals surface area contributed by atoms with Crippen LogP contribution >= 0.6 is 11.8 Å². The van der Waals surface area contributed by atoms with E-state index in [-0.39, 0.29) is 10.8 Å². The fraction of sp³-hybridized carbons (Fsp3) is 0.435. The quantitative estimate of drug-likeness (QED) is 0.674. The van der Waals surface area contributed by atoms with Gasteiger partial charge >= 0.3 is 5.97 Å². The van der Waals surface area contributed by atoms with E-state index in [1.807, 2.05) is 12.1 Å². The molecule has 1 aliphatic carbocycles. The van der Waals surface area contributed by atoms with Crippen molar-refractivity contribution in [1.82, 2.24) is 0 Å². The summed E-state index contributed by atoms with van der Waals surface area (Å²) in [6, 6.07) is 12.0. The van der Waals surface area contributed by atoms with Crippen LogP contribution in [0.25, 0.3) is 0 Å². The fourth-order valence-corrected chi connectivity index (χ4v) is 4.84. The zero-order chi connectivity index (χ0) is 19.1. The molecule has 138 valence electrons. The zero-order valence-corrected chi connectivity index (χ0v) is 17.2. The molecule has 2 nitrogen and oxygen atoms in total. The monoisotopic (exact) mass is 368 g/mol. The summed E-state index contributed by atoms with van der Waals surface area (Å²) in [5.74, 6) is -0.881. The molecule has 26 heavy (non-hydrogen) atoms. The van der Waals surface area contributed by atoms with Gasteiger partial charge in [-0.05, 0) is 77.1 Å². The summed E-state index contributed by atoms with van der Waals surface area (Å²) in [4.78, 5) is 13.4. The highest BCUT2D eigenvalue weighted by Gasteiger charge is 2.37. The number of carboxylic acids is 1. The molecule has 3 rings (SSSR count). The highest BCUT2D eigenvalue weighted by atomic mass is 32.2. The van der Waals surface area contributed by atoms with Gasteiger partial charge in [0.2, 0.25) is 0 Å². The van der Waals surface area contributed by atoms with Crippen LogP contribution in [0.5, 0.6) is 0 Å². The number of hydrogen-bond acceptors (Lipinski definition) is 2. The van der Waals surface area contributed by atoms with Gasteiger partial charge in [0.15, 0.2) is 0 Å². The maximum atomic E-state index is 11.1. The van der Waals surface area contributed by atoms with E-state index in [0.29, 0.717) is 5.56 Å². The molecule has 2 aromatic rings. The molecule has 2 aromatic carbocycles. The Morgan fingerprint density at radius 3 is 2.04 bits per heavy atom. The first-order valence-corrected chi connectivity index (χ1v) is 10.1. The first-order valence-electron chi connectivity index (χ1n) is 9.33. The third-order valence-electron chi connectivity index (χ3n) is 5.74. The molecule has 3 heteroatoms. The number of carbonyl (C=O) groups is 1. The molecule has 0 fully saturated rings. The van der Waals surface area contributed by atoms with E-state index < -0.39 is 5.97 Å². The molecule has 1 aliphatic rings. The highest BCUT2D eigenvalue weighted by Crippen LogP contribution is 2.48. The minimum absolute atomic E-state index is 0.194. The minimum Gasteiger partial charge on any atom is -0.478 e.